The molecule has 0 radical (unpaired) electrons. The summed E-state index contributed by atoms with van der Waals surface area (Å²) < 4.78 is 21.4. The Bertz CT molecular complexity index is 862. The summed E-state index contributed by atoms with van der Waals surface area (Å²) in [5.74, 6) is -1.07. The van der Waals surface area contributed by atoms with Gasteiger partial charge < -0.3 is 14.6 Å². The van der Waals surface area contributed by atoms with Crippen molar-refractivity contribution < 1.29 is 18.7 Å². The Hall–Kier alpha value is -2.19. The Kier molecular flexibility index (Phi) is 6.51. The molecule has 1 saturated heterocycles. The van der Waals surface area contributed by atoms with Crippen LogP contribution in [0.5, 0.6) is 0 Å². The highest BCUT2D eigenvalue weighted by Gasteiger charge is 2.29. The van der Waals surface area contributed by atoms with Crippen LogP contribution in [0.25, 0.3) is 0 Å². The maximum Gasteiger partial charge on any atom is 0.354 e. The normalized spacial score (nSPS) is 16.6. The minimum atomic E-state index is -0.475. The Morgan fingerprint density at radius 1 is 1.29 bits per heavy atom. The number of esters is 1. The van der Waals surface area contributed by atoms with Crippen molar-refractivity contribution in [1.29, 1.82) is 0 Å². The van der Waals surface area contributed by atoms with Crippen molar-refractivity contribution in [2.24, 2.45) is 0 Å². The number of aromatic nitrogens is 1. The predicted molar refractivity (Wildman–Crippen MR) is 108 cm³/mol. The zero-order valence-electron chi connectivity index (χ0n) is 15.8. The molecule has 1 aromatic heterocycles. The average Bonchev–Trinajstić information content (AvgIpc) is 3.19. The molecule has 28 heavy (non-hydrogen) atoms. The molecule has 1 aliphatic rings. The molecule has 1 fully saturated rings. The van der Waals surface area contributed by atoms with Crippen molar-refractivity contribution >= 4 is 33.5 Å². The van der Waals surface area contributed by atoms with E-state index < -0.39 is 5.82 Å². The molecule has 0 aliphatic carbocycles. The molecule has 1 unspecified atom stereocenters. The van der Waals surface area contributed by atoms with Crippen molar-refractivity contribution in [2.45, 2.75) is 31.8 Å². The SMILES string of the molecule is COC(=O)c1cccn1C1CCN(C(C)C(=O)Nc2ccc(Br)cc2F)CC1. The lowest BCUT2D eigenvalue weighted by Gasteiger charge is -2.36. The molecule has 1 N–H and O–H groups in total. The number of hydrogen-bond acceptors (Lipinski definition) is 4. The van der Waals surface area contributed by atoms with Crippen molar-refractivity contribution in [2.75, 3.05) is 25.5 Å². The summed E-state index contributed by atoms with van der Waals surface area (Å²) in [7, 11) is 1.37. The van der Waals surface area contributed by atoms with Crippen LogP contribution in [0, 0.1) is 5.82 Å². The predicted octanol–water partition coefficient (Wildman–Crippen LogP) is 3.84. The third kappa shape index (κ3) is 4.44. The first-order valence-electron chi connectivity index (χ1n) is 9.16. The van der Waals surface area contributed by atoms with E-state index in [9.17, 15) is 14.0 Å². The lowest BCUT2D eigenvalue weighted by Crippen LogP contribution is -2.46. The number of likely N-dealkylation sites (tertiary alicyclic amines) is 1. The largest absolute Gasteiger partial charge is 0.464 e. The van der Waals surface area contributed by atoms with E-state index in [-0.39, 0.29) is 29.6 Å². The first-order chi connectivity index (χ1) is 13.4. The number of ether oxygens (including phenoxy) is 1. The molecule has 150 valence electrons. The number of amides is 1. The minimum absolute atomic E-state index is 0.171. The maximum absolute atomic E-state index is 14.0. The summed E-state index contributed by atoms with van der Waals surface area (Å²) in [6.07, 6.45) is 3.50. The summed E-state index contributed by atoms with van der Waals surface area (Å²) in [5.41, 5.74) is 0.711. The summed E-state index contributed by atoms with van der Waals surface area (Å²) >= 11 is 3.20. The van der Waals surface area contributed by atoms with Crippen LogP contribution in [-0.4, -0.2) is 47.6 Å². The number of carbonyl (C=O) groups is 2. The Morgan fingerprint density at radius 2 is 2.00 bits per heavy atom. The van der Waals surface area contributed by atoms with Crippen LogP contribution in [-0.2, 0) is 9.53 Å². The van der Waals surface area contributed by atoms with E-state index in [4.69, 9.17) is 4.74 Å². The summed E-state index contributed by atoms with van der Waals surface area (Å²) in [6, 6.07) is 7.93. The fourth-order valence-corrected chi connectivity index (χ4v) is 3.87. The molecular formula is C20H23BrFN3O3. The molecule has 1 aliphatic heterocycles. The first kappa shape index (κ1) is 20.5. The van der Waals surface area contributed by atoms with E-state index in [1.54, 1.807) is 12.1 Å². The third-order valence-electron chi connectivity index (χ3n) is 5.18. The second-order valence-corrected chi connectivity index (χ2v) is 7.76. The first-order valence-corrected chi connectivity index (χ1v) is 9.95. The second-order valence-electron chi connectivity index (χ2n) is 6.85. The van der Waals surface area contributed by atoms with Crippen molar-refractivity contribution in [1.82, 2.24) is 9.47 Å². The number of methoxy groups -OCH3 is 1. The fraction of sp³-hybridized carbons (Fsp3) is 0.400. The highest BCUT2D eigenvalue weighted by Crippen LogP contribution is 2.26. The van der Waals surface area contributed by atoms with Crippen molar-refractivity contribution in [3.8, 4) is 0 Å². The van der Waals surface area contributed by atoms with E-state index in [1.807, 2.05) is 23.8 Å². The Morgan fingerprint density at radius 3 is 2.64 bits per heavy atom. The third-order valence-corrected chi connectivity index (χ3v) is 5.68. The molecule has 6 nitrogen and oxygen atoms in total. The van der Waals surface area contributed by atoms with Gasteiger partial charge in [0.15, 0.2) is 0 Å². The zero-order valence-corrected chi connectivity index (χ0v) is 17.4. The van der Waals surface area contributed by atoms with Crippen LogP contribution < -0.4 is 5.32 Å². The van der Waals surface area contributed by atoms with Gasteiger partial charge in [-0.05, 0) is 50.1 Å². The number of hydrogen-bond donors (Lipinski definition) is 1. The number of rotatable bonds is 5. The molecule has 0 saturated carbocycles. The topological polar surface area (TPSA) is 63.6 Å². The Balaban J connectivity index is 1.59. The van der Waals surface area contributed by atoms with Crippen LogP contribution in [0.15, 0.2) is 41.0 Å². The summed E-state index contributed by atoms with van der Waals surface area (Å²) in [6.45, 7) is 3.24. The monoisotopic (exact) mass is 451 g/mol. The molecule has 0 bridgehead atoms. The molecule has 3 rings (SSSR count). The van der Waals surface area contributed by atoms with Gasteiger partial charge in [0.2, 0.25) is 5.91 Å². The number of benzene rings is 1. The number of anilines is 1. The smallest absolute Gasteiger partial charge is 0.354 e. The number of halogens is 2. The maximum atomic E-state index is 14.0. The standard InChI is InChI=1S/C20H23BrFN3O3/c1-13(19(26)23-17-6-5-14(21)12-16(17)22)24-10-7-15(8-11-24)25-9-3-4-18(25)20(27)28-2/h3-6,9,12-13,15H,7-8,10-11H2,1-2H3,(H,23,26). The van der Waals surface area contributed by atoms with Crippen LogP contribution in [0.2, 0.25) is 0 Å². The van der Waals surface area contributed by atoms with Gasteiger partial charge in [0, 0.05) is 29.8 Å². The number of nitrogens with one attached hydrogen (secondary N) is 1. The van der Waals surface area contributed by atoms with E-state index >= 15 is 0 Å². The zero-order chi connectivity index (χ0) is 20.3. The molecule has 1 atom stereocenters. The highest BCUT2D eigenvalue weighted by molar-refractivity contribution is 9.10. The summed E-state index contributed by atoms with van der Waals surface area (Å²) in [5, 5.41) is 2.66. The van der Waals surface area contributed by atoms with Crippen LogP contribution in [0.1, 0.15) is 36.3 Å². The second kappa shape index (κ2) is 8.87. The quantitative estimate of drug-likeness (QED) is 0.701. The number of piperidine rings is 1. The average molecular weight is 452 g/mol. The fourth-order valence-electron chi connectivity index (χ4n) is 3.53. The number of carbonyl (C=O) groups excluding carboxylic acids is 2. The molecule has 8 heteroatoms. The summed E-state index contributed by atoms with van der Waals surface area (Å²) in [4.78, 5) is 26.5. The van der Waals surface area contributed by atoms with Gasteiger partial charge in [0.1, 0.15) is 11.5 Å². The van der Waals surface area contributed by atoms with E-state index in [0.29, 0.717) is 23.3 Å². The van der Waals surface area contributed by atoms with Crippen LogP contribution in [0.4, 0.5) is 10.1 Å². The molecule has 2 aromatic rings. The molecule has 2 heterocycles. The van der Waals surface area contributed by atoms with E-state index in [2.05, 4.69) is 26.1 Å². The molecule has 1 aromatic carbocycles. The van der Waals surface area contributed by atoms with Crippen LogP contribution >= 0.6 is 15.9 Å². The van der Waals surface area contributed by atoms with Gasteiger partial charge in [-0.1, -0.05) is 15.9 Å². The van der Waals surface area contributed by atoms with E-state index in [0.717, 1.165) is 12.8 Å². The van der Waals surface area contributed by atoms with Crippen molar-refractivity contribution in [3.63, 3.8) is 0 Å². The van der Waals surface area contributed by atoms with Gasteiger partial charge in [-0.3, -0.25) is 9.69 Å². The number of nitrogens with zero attached hydrogens (tertiary/aromatic N) is 2. The van der Waals surface area contributed by atoms with Gasteiger partial charge >= 0.3 is 5.97 Å². The van der Waals surface area contributed by atoms with Gasteiger partial charge in [-0.25, -0.2) is 9.18 Å². The van der Waals surface area contributed by atoms with E-state index in [1.165, 1.54) is 19.2 Å². The lowest BCUT2D eigenvalue weighted by molar-refractivity contribution is -0.121. The van der Waals surface area contributed by atoms with Gasteiger partial charge in [0.05, 0.1) is 18.8 Å². The lowest BCUT2D eigenvalue weighted by atomic mass is 10.0. The minimum Gasteiger partial charge on any atom is -0.464 e. The van der Waals surface area contributed by atoms with Gasteiger partial charge in [-0.15, -0.1) is 0 Å². The van der Waals surface area contributed by atoms with Gasteiger partial charge in [-0.2, -0.15) is 0 Å². The molecule has 0 spiro atoms. The molecular weight excluding hydrogens is 429 g/mol. The Labute approximate surface area is 171 Å². The molecule has 1 amide bonds. The highest BCUT2D eigenvalue weighted by atomic mass is 79.9. The van der Waals surface area contributed by atoms with Gasteiger partial charge in [0.25, 0.3) is 0 Å². The van der Waals surface area contributed by atoms with Crippen molar-refractivity contribution in [3.05, 3.63) is 52.5 Å². The van der Waals surface area contributed by atoms with Crippen LogP contribution in [0.3, 0.4) is 0 Å².